The first kappa shape index (κ1) is 43.6. The van der Waals surface area contributed by atoms with E-state index in [4.69, 9.17) is 8.83 Å². The molecule has 72 heavy (non-hydrogen) atoms. The van der Waals surface area contributed by atoms with Crippen LogP contribution in [0.1, 0.15) is 0 Å². The van der Waals surface area contributed by atoms with Gasteiger partial charge in [0.1, 0.15) is 23.0 Å². The minimum atomic E-state index is 0.855. The number of para-hydroxylation sites is 2. The molecule has 0 saturated heterocycles. The Bertz CT molecular complexity index is 3410. The molecule has 12 aromatic rings. The fourth-order valence-corrected chi connectivity index (χ4v) is 9.42. The zero-order chi connectivity index (χ0) is 48.1. The largest absolute Gasteiger partial charge is 0.456 e. The molecule has 10 aromatic carbocycles. The Morgan fingerprint density at radius 3 is 0.583 bits per heavy atom. The summed E-state index contributed by atoms with van der Waals surface area (Å²) in [6.07, 6.45) is 0. The van der Waals surface area contributed by atoms with Gasteiger partial charge in [-0.2, -0.15) is 0 Å². The highest BCUT2D eigenvalue weighted by Gasteiger charge is 2.16. The lowest BCUT2D eigenvalue weighted by Gasteiger charge is -2.26. The normalized spacial score (nSPS) is 11.1. The SMILES string of the molecule is c1ccc(-c2ccc(-c3ccc(-c4ccc(N(c5ccccc5)c5ccc(-c6ccc(N(c7ccccc7)c7ccc(-c8ccc(-c9ccc(-c%10ccccc%10)o9)cc8)cc7)cc6)cc5)cc4)cc3)o2)cc1. The van der Waals surface area contributed by atoms with Crippen LogP contribution in [-0.2, 0) is 0 Å². The van der Waals surface area contributed by atoms with Gasteiger partial charge in [0.25, 0.3) is 0 Å². The molecule has 0 unspecified atom stereocenters. The molecule has 4 nitrogen and oxygen atoms in total. The Balaban J connectivity index is 0.756. The second-order valence-corrected chi connectivity index (χ2v) is 17.7. The van der Waals surface area contributed by atoms with Crippen LogP contribution in [0.25, 0.3) is 78.7 Å². The molecular formula is C68H48N2O2. The summed E-state index contributed by atoms with van der Waals surface area (Å²) in [5.74, 6) is 3.44. The van der Waals surface area contributed by atoms with Crippen molar-refractivity contribution in [2.45, 2.75) is 0 Å². The zero-order valence-electron chi connectivity index (χ0n) is 39.4. The predicted octanol–water partition coefficient (Wildman–Crippen LogP) is 19.5. The average Bonchev–Trinajstić information content (AvgIpc) is 4.18. The van der Waals surface area contributed by atoms with Gasteiger partial charge in [-0.15, -0.1) is 0 Å². The van der Waals surface area contributed by atoms with E-state index in [1.54, 1.807) is 0 Å². The van der Waals surface area contributed by atoms with Gasteiger partial charge in [-0.05, 0) is 130 Å². The summed E-state index contributed by atoms with van der Waals surface area (Å²) in [6.45, 7) is 0. The second kappa shape index (κ2) is 19.8. The first-order chi connectivity index (χ1) is 35.7. The highest BCUT2D eigenvalue weighted by atomic mass is 16.3. The van der Waals surface area contributed by atoms with Crippen molar-refractivity contribution >= 4 is 34.1 Å². The summed E-state index contributed by atoms with van der Waals surface area (Å²) < 4.78 is 12.5. The number of nitrogens with zero attached hydrogens (tertiary/aromatic N) is 2. The Hall–Kier alpha value is -9.64. The molecule has 0 saturated carbocycles. The fraction of sp³-hybridized carbons (Fsp3) is 0. The number of furan rings is 2. The lowest BCUT2D eigenvalue weighted by molar-refractivity contribution is 0.597. The molecule has 342 valence electrons. The van der Waals surface area contributed by atoms with Crippen LogP contribution >= 0.6 is 0 Å². The number of benzene rings is 10. The van der Waals surface area contributed by atoms with Crippen LogP contribution in [0.15, 0.2) is 300 Å². The highest BCUT2D eigenvalue weighted by molar-refractivity contribution is 5.83. The van der Waals surface area contributed by atoms with Gasteiger partial charge < -0.3 is 18.6 Å². The van der Waals surface area contributed by atoms with Gasteiger partial charge in [-0.1, -0.05) is 194 Å². The second-order valence-electron chi connectivity index (χ2n) is 17.7. The van der Waals surface area contributed by atoms with E-state index in [-0.39, 0.29) is 0 Å². The summed E-state index contributed by atoms with van der Waals surface area (Å²) in [5, 5.41) is 0. The number of hydrogen-bond donors (Lipinski definition) is 0. The molecule has 4 heteroatoms. The van der Waals surface area contributed by atoms with Crippen molar-refractivity contribution in [2.75, 3.05) is 9.80 Å². The number of anilines is 6. The maximum atomic E-state index is 6.23. The first-order valence-electron chi connectivity index (χ1n) is 24.3. The van der Waals surface area contributed by atoms with Gasteiger partial charge in [0.15, 0.2) is 0 Å². The van der Waals surface area contributed by atoms with Gasteiger partial charge in [-0.25, -0.2) is 0 Å². The van der Waals surface area contributed by atoms with E-state index < -0.39 is 0 Å². The van der Waals surface area contributed by atoms with Gasteiger partial charge in [-0.3, -0.25) is 0 Å². The van der Waals surface area contributed by atoms with Crippen LogP contribution in [0.3, 0.4) is 0 Å². The molecule has 0 N–H and O–H groups in total. The fourth-order valence-electron chi connectivity index (χ4n) is 9.42. The van der Waals surface area contributed by atoms with E-state index in [1.807, 2.05) is 60.7 Å². The molecule has 12 rings (SSSR count). The van der Waals surface area contributed by atoms with E-state index in [0.717, 1.165) is 113 Å². The van der Waals surface area contributed by atoms with Crippen molar-refractivity contribution in [3.8, 4) is 78.7 Å². The zero-order valence-corrected chi connectivity index (χ0v) is 39.4. The van der Waals surface area contributed by atoms with Crippen LogP contribution in [0.2, 0.25) is 0 Å². The molecule has 0 aliphatic carbocycles. The van der Waals surface area contributed by atoms with E-state index >= 15 is 0 Å². The Labute approximate surface area is 420 Å². The van der Waals surface area contributed by atoms with Crippen molar-refractivity contribution in [3.05, 3.63) is 291 Å². The van der Waals surface area contributed by atoms with Crippen LogP contribution in [0.4, 0.5) is 34.1 Å². The van der Waals surface area contributed by atoms with Crippen molar-refractivity contribution in [2.24, 2.45) is 0 Å². The molecular weight excluding hydrogens is 877 g/mol. The monoisotopic (exact) mass is 924 g/mol. The minimum Gasteiger partial charge on any atom is -0.456 e. The van der Waals surface area contributed by atoms with Crippen LogP contribution in [0, 0.1) is 0 Å². The molecule has 0 aliphatic heterocycles. The molecule has 0 amide bonds. The number of hydrogen-bond acceptors (Lipinski definition) is 4. The smallest absolute Gasteiger partial charge is 0.134 e. The Morgan fingerprint density at radius 2 is 0.333 bits per heavy atom. The Morgan fingerprint density at radius 1 is 0.153 bits per heavy atom. The van der Waals surface area contributed by atoms with E-state index in [0.29, 0.717) is 0 Å². The van der Waals surface area contributed by atoms with Gasteiger partial charge in [0.05, 0.1) is 0 Å². The lowest BCUT2D eigenvalue weighted by Crippen LogP contribution is -2.10. The third kappa shape index (κ3) is 9.16. The standard InChI is InChI=1S/C68H48N2O2/c1-5-13-55(14-6-1)65-45-47-67(71-65)57-25-21-49(22-26-57)51-29-37-61(38-30-51)69(59-17-9-3-10-18-59)63-41-33-53(34-42-63)54-35-43-64(44-36-54)70(60-19-11-4-12-20-60)62-39-31-52(32-40-62)50-23-27-58(28-24-50)68-48-46-66(72-68)56-15-7-2-8-16-56/h1-48H. The van der Waals surface area contributed by atoms with E-state index in [1.165, 1.54) is 0 Å². The van der Waals surface area contributed by atoms with Gasteiger partial charge in [0.2, 0.25) is 0 Å². The van der Waals surface area contributed by atoms with Crippen molar-refractivity contribution in [1.82, 2.24) is 0 Å². The van der Waals surface area contributed by atoms with Gasteiger partial charge in [0, 0.05) is 56.4 Å². The molecule has 0 spiro atoms. The molecule has 0 atom stereocenters. The Kier molecular flexibility index (Phi) is 12.0. The van der Waals surface area contributed by atoms with Crippen molar-refractivity contribution in [3.63, 3.8) is 0 Å². The van der Waals surface area contributed by atoms with Gasteiger partial charge >= 0.3 is 0 Å². The van der Waals surface area contributed by atoms with E-state index in [9.17, 15) is 0 Å². The molecule has 2 aromatic heterocycles. The van der Waals surface area contributed by atoms with Crippen LogP contribution in [0.5, 0.6) is 0 Å². The highest BCUT2D eigenvalue weighted by Crippen LogP contribution is 2.40. The molecule has 0 aliphatic rings. The maximum Gasteiger partial charge on any atom is 0.134 e. The number of rotatable bonds is 13. The van der Waals surface area contributed by atoms with E-state index in [2.05, 4.69) is 240 Å². The molecule has 0 radical (unpaired) electrons. The summed E-state index contributed by atoms with van der Waals surface area (Å²) in [6, 6.07) is 102. The quantitative estimate of drug-likeness (QED) is 0.115. The molecule has 0 bridgehead atoms. The maximum absolute atomic E-state index is 6.23. The van der Waals surface area contributed by atoms with Crippen molar-refractivity contribution in [1.29, 1.82) is 0 Å². The molecule has 0 fully saturated rings. The third-order valence-electron chi connectivity index (χ3n) is 13.2. The summed E-state index contributed by atoms with van der Waals surface area (Å²) in [7, 11) is 0. The van der Waals surface area contributed by atoms with Crippen LogP contribution < -0.4 is 9.80 Å². The van der Waals surface area contributed by atoms with Crippen molar-refractivity contribution < 1.29 is 8.83 Å². The average molecular weight is 925 g/mol. The molecule has 2 heterocycles. The lowest BCUT2D eigenvalue weighted by atomic mass is 10.0. The van der Waals surface area contributed by atoms with Crippen LogP contribution in [-0.4, -0.2) is 0 Å². The summed E-state index contributed by atoms with van der Waals surface area (Å²) in [5.41, 5.74) is 17.6. The minimum absolute atomic E-state index is 0.855. The summed E-state index contributed by atoms with van der Waals surface area (Å²) in [4.78, 5) is 4.61. The topological polar surface area (TPSA) is 32.8 Å². The predicted molar refractivity (Wildman–Crippen MR) is 298 cm³/mol. The summed E-state index contributed by atoms with van der Waals surface area (Å²) >= 11 is 0. The first-order valence-corrected chi connectivity index (χ1v) is 24.3. The third-order valence-corrected chi connectivity index (χ3v) is 13.2.